The highest BCUT2D eigenvalue weighted by molar-refractivity contribution is 5.69. The Labute approximate surface area is 97.3 Å². The van der Waals surface area contributed by atoms with Gasteiger partial charge < -0.3 is 15.0 Å². The normalized spacial score (nSPS) is 30.1. The highest BCUT2D eigenvalue weighted by Gasteiger charge is 2.39. The number of likely N-dealkylation sites (tertiary alicyclic amines) is 1. The lowest BCUT2D eigenvalue weighted by Crippen LogP contribution is -2.49. The van der Waals surface area contributed by atoms with Crippen LogP contribution in [0.4, 0.5) is 4.79 Å². The maximum absolute atomic E-state index is 12.0. The second-order valence-corrected chi connectivity index (χ2v) is 5.73. The Morgan fingerprint density at radius 2 is 2.12 bits per heavy atom. The second kappa shape index (κ2) is 4.24. The van der Waals surface area contributed by atoms with Crippen LogP contribution < -0.4 is 5.32 Å². The zero-order valence-corrected chi connectivity index (χ0v) is 10.5. The zero-order valence-electron chi connectivity index (χ0n) is 10.5. The van der Waals surface area contributed by atoms with Crippen molar-refractivity contribution in [2.45, 2.75) is 57.7 Å². The summed E-state index contributed by atoms with van der Waals surface area (Å²) in [7, 11) is 0. The number of amides is 1. The molecule has 0 saturated carbocycles. The van der Waals surface area contributed by atoms with Crippen molar-refractivity contribution in [3.8, 4) is 0 Å². The van der Waals surface area contributed by atoms with Crippen LogP contribution in [-0.4, -0.2) is 41.8 Å². The molecule has 92 valence electrons. The van der Waals surface area contributed by atoms with Gasteiger partial charge in [0.15, 0.2) is 0 Å². The summed E-state index contributed by atoms with van der Waals surface area (Å²) >= 11 is 0. The molecular weight excluding hydrogens is 204 g/mol. The molecule has 4 nitrogen and oxygen atoms in total. The molecule has 2 rings (SSSR count). The minimum atomic E-state index is -0.392. The highest BCUT2D eigenvalue weighted by atomic mass is 16.6. The Hall–Kier alpha value is -0.770. The van der Waals surface area contributed by atoms with E-state index in [0.717, 1.165) is 32.4 Å². The Kier molecular flexibility index (Phi) is 3.10. The topological polar surface area (TPSA) is 41.6 Å². The summed E-state index contributed by atoms with van der Waals surface area (Å²) in [6.45, 7) is 7.66. The largest absolute Gasteiger partial charge is 0.444 e. The average molecular weight is 226 g/mol. The number of piperidine rings is 1. The van der Waals surface area contributed by atoms with E-state index in [1.807, 2.05) is 25.7 Å². The molecule has 0 bridgehead atoms. The van der Waals surface area contributed by atoms with Crippen molar-refractivity contribution in [2.75, 3.05) is 13.1 Å². The number of fused-ring (bicyclic) bond motifs is 1. The molecule has 2 aliphatic heterocycles. The standard InChI is InChI=1S/C12H22N2O2/c1-12(2,3)16-11(15)14-8-6-9-10(14)5-4-7-13-9/h9-10,13H,4-8H2,1-3H3/t9-,10-/m0/s1. The van der Waals surface area contributed by atoms with Crippen molar-refractivity contribution < 1.29 is 9.53 Å². The van der Waals surface area contributed by atoms with E-state index >= 15 is 0 Å². The van der Waals surface area contributed by atoms with Gasteiger partial charge in [-0.05, 0) is 46.6 Å². The fraction of sp³-hybridized carbons (Fsp3) is 0.917. The first-order valence-electron chi connectivity index (χ1n) is 6.20. The summed E-state index contributed by atoms with van der Waals surface area (Å²) in [5, 5.41) is 3.48. The van der Waals surface area contributed by atoms with Crippen LogP contribution >= 0.6 is 0 Å². The molecule has 4 heteroatoms. The molecular formula is C12H22N2O2. The minimum Gasteiger partial charge on any atom is -0.444 e. The van der Waals surface area contributed by atoms with Crippen molar-refractivity contribution in [3.05, 3.63) is 0 Å². The van der Waals surface area contributed by atoms with Crippen LogP contribution in [0, 0.1) is 0 Å². The van der Waals surface area contributed by atoms with Crippen LogP contribution in [0.15, 0.2) is 0 Å². The first-order chi connectivity index (χ1) is 7.47. The summed E-state index contributed by atoms with van der Waals surface area (Å²) < 4.78 is 5.43. The summed E-state index contributed by atoms with van der Waals surface area (Å²) in [4.78, 5) is 13.9. The molecule has 0 aliphatic carbocycles. The van der Waals surface area contributed by atoms with Crippen molar-refractivity contribution in [2.24, 2.45) is 0 Å². The van der Waals surface area contributed by atoms with Crippen LogP contribution in [0.3, 0.4) is 0 Å². The van der Waals surface area contributed by atoms with E-state index in [-0.39, 0.29) is 6.09 Å². The fourth-order valence-electron chi connectivity index (χ4n) is 2.59. The van der Waals surface area contributed by atoms with Crippen molar-refractivity contribution in [1.82, 2.24) is 10.2 Å². The number of nitrogens with one attached hydrogen (secondary N) is 1. The number of carbonyl (C=O) groups is 1. The summed E-state index contributed by atoms with van der Waals surface area (Å²) in [6, 6.07) is 0.838. The molecule has 1 N–H and O–H groups in total. The summed E-state index contributed by atoms with van der Waals surface area (Å²) in [5.74, 6) is 0. The monoisotopic (exact) mass is 226 g/mol. The molecule has 1 amide bonds. The number of rotatable bonds is 0. The van der Waals surface area contributed by atoms with E-state index < -0.39 is 5.60 Å². The van der Waals surface area contributed by atoms with Gasteiger partial charge in [0, 0.05) is 12.6 Å². The molecule has 2 atom stereocenters. The lowest BCUT2D eigenvalue weighted by atomic mass is 10.00. The first kappa shape index (κ1) is 11.7. The Morgan fingerprint density at radius 3 is 2.81 bits per heavy atom. The van der Waals surface area contributed by atoms with Gasteiger partial charge >= 0.3 is 6.09 Å². The van der Waals surface area contributed by atoms with E-state index in [1.54, 1.807) is 0 Å². The molecule has 0 radical (unpaired) electrons. The quantitative estimate of drug-likeness (QED) is 0.684. The molecule has 2 aliphatic rings. The third kappa shape index (κ3) is 2.48. The van der Waals surface area contributed by atoms with Gasteiger partial charge in [-0.25, -0.2) is 4.79 Å². The van der Waals surface area contributed by atoms with Crippen molar-refractivity contribution >= 4 is 6.09 Å². The van der Waals surface area contributed by atoms with E-state index in [4.69, 9.17) is 4.74 Å². The van der Waals surface area contributed by atoms with Gasteiger partial charge in [0.1, 0.15) is 5.60 Å². The molecule has 0 unspecified atom stereocenters. The van der Waals surface area contributed by atoms with Gasteiger partial charge in [0.05, 0.1) is 6.04 Å². The number of carbonyl (C=O) groups excluding carboxylic acids is 1. The van der Waals surface area contributed by atoms with Crippen molar-refractivity contribution in [1.29, 1.82) is 0 Å². The lowest BCUT2D eigenvalue weighted by molar-refractivity contribution is 0.0197. The maximum atomic E-state index is 12.0. The number of ether oxygens (including phenoxy) is 1. The Balaban J connectivity index is 1.97. The van der Waals surface area contributed by atoms with Gasteiger partial charge in [0.25, 0.3) is 0 Å². The summed E-state index contributed by atoms with van der Waals surface area (Å²) in [5.41, 5.74) is -0.392. The predicted octanol–water partition coefficient (Wildman–Crippen LogP) is 1.75. The molecule has 2 fully saturated rings. The first-order valence-corrected chi connectivity index (χ1v) is 6.20. The number of hydrogen-bond donors (Lipinski definition) is 1. The maximum Gasteiger partial charge on any atom is 0.410 e. The van der Waals surface area contributed by atoms with Crippen LogP contribution in [-0.2, 0) is 4.74 Å². The van der Waals surface area contributed by atoms with Gasteiger partial charge in [-0.15, -0.1) is 0 Å². The Bertz CT molecular complexity index is 273. The van der Waals surface area contributed by atoms with Crippen LogP contribution in [0.1, 0.15) is 40.0 Å². The van der Waals surface area contributed by atoms with Crippen LogP contribution in [0.25, 0.3) is 0 Å². The molecule has 0 aromatic carbocycles. The minimum absolute atomic E-state index is 0.149. The van der Waals surface area contributed by atoms with Crippen LogP contribution in [0.2, 0.25) is 0 Å². The van der Waals surface area contributed by atoms with Gasteiger partial charge in [-0.1, -0.05) is 0 Å². The zero-order chi connectivity index (χ0) is 11.8. The van der Waals surface area contributed by atoms with E-state index in [1.165, 1.54) is 0 Å². The van der Waals surface area contributed by atoms with Gasteiger partial charge in [-0.3, -0.25) is 0 Å². The average Bonchev–Trinajstić information content (AvgIpc) is 2.58. The third-order valence-electron chi connectivity index (χ3n) is 3.26. The molecule has 0 aromatic rings. The number of nitrogens with zero attached hydrogens (tertiary/aromatic N) is 1. The smallest absolute Gasteiger partial charge is 0.410 e. The summed E-state index contributed by atoms with van der Waals surface area (Å²) in [6.07, 6.45) is 3.17. The van der Waals surface area contributed by atoms with Gasteiger partial charge in [0.2, 0.25) is 0 Å². The SMILES string of the molecule is CC(C)(C)OC(=O)N1CC[C@@H]2NCCC[C@@H]21. The number of hydrogen-bond acceptors (Lipinski definition) is 3. The molecule has 2 heterocycles. The lowest BCUT2D eigenvalue weighted by Gasteiger charge is -2.33. The molecule has 0 spiro atoms. The van der Waals surface area contributed by atoms with E-state index in [2.05, 4.69) is 5.32 Å². The van der Waals surface area contributed by atoms with E-state index in [0.29, 0.717) is 12.1 Å². The predicted molar refractivity (Wildman–Crippen MR) is 62.4 cm³/mol. The Morgan fingerprint density at radius 1 is 1.38 bits per heavy atom. The highest BCUT2D eigenvalue weighted by Crippen LogP contribution is 2.26. The van der Waals surface area contributed by atoms with Crippen molar-refractivity contribution in [3.63, 3.8) is 0 Å². The molecule has 0 aromatic heterocycles. The second-order valence-electron chi connectivity index (χ2n) is 5.73. The third-order valence-corrected chi connectivity index (χ3v) is 3.26. The fourth-order valence-corrected chi connectivity index (χ4v) is 2.59. The van der Waals surface area contributed by atoms with Gasteiger partial charge in [-0.2, -0.15) is 0 Å². The molecule has 2 saturated heterocycles. The molecule has 16 heavy (non-hydrogen) atoms. The van der Waals surface area contributed by atoms with E-state index in [9.17, 15) is 4.79 Å². The van der Waals surface area contributed by atoms with Crippen LogP contribution in [0.5, 0.6) is 0 Å².